The molecule has 4 aromatic rings. The van der Waals surface area contributed by atoms with Crippen LogP contribution in [0.2, 0.25) is 0 Å². The number of carbonyl (C=O) groups excluding carboxylic acids is 1. The van der Waals surface area contributed by atoms with Gasteiger partial charge in [0.2, 0.25) is 0 Å². The van der Waals surface area contributed by atoms with E-state index in [2.05, 4.69) is 20.5 Å². The molecule has 1 unspecified atom stereocenters. The molecule has 1 amide bonds. The van der Waals surface area contributed by atoms with E-state index in [4.69, 9.17) is 4.74 Å². The Labute approximate surface area is 156 Å². The van der Waals surface area contributed by atoms with Crippen LogP contribution >= 0.6 is 0 Å². The van der Waals surface area contributed by atoms with Crippen molar-refractivity contribution in [2.24, 2.45) is 0 Å². The van der Waals surface area contributed by atoms with E-state index in [1.54, 1.807) is 25.4 Å². The molecule has 0 aliphatic carbocycles. The van der Waals surface area contributed by atoms with Crippen molar-refractivity contribution in [3.63, 3.8) is 0 Å². The number of fused-ring (bicyclic) bond motifs is 1. The summed E-state index contributed by atoms with van der Waals surface area (Å²) in [5.74, 6) is 0.826. The first kappa shape index (κ1) is 16.8. The van der Waals surface area contributed by atoms with E-state index in [0.717, 1.165) is 22.0 Å². The third kappa shape index (κ3) is 3.79. The SMILES string of the molecule is CC(Oc1ccc2ccccc2c1)C(=O)Nc1cc(-c2ccncc2)[nH]n1. The molecule has 134 valence electrons. The van der Waals surface area contributed by atoms with E-state index in [0.29, 0.717) is 11.6 Å². The van der Waals surface area contributed by atoms with Crippen molar-refractivity contribution >= 4 is 22.5 Å². The molecule has 0 fully saturated rings. The van der Waals surface area contributed by atoms with E-state index in [1.807, 2.05) is 54.6 Å². The number of aromatic nitrogens is 3. The fourth-order valence-electron chi connectivity index (χ4n) is 2.79. The zero-order valence-corrected chi connectivity index (χ0v) is 14.7. The quantitative estimate of drug-likeness (QED) is 0.564. The third-order valence-corrected chi connectivity index (χ3v) is 4.22. The molecule has 27 heavy (non-hydrogen) atoms. The highest BCUT2D eigenvalue weighted by Crippen LogP contribution is 2.22. The Kier molecular flexibility index (Phi) is 4.53. The van der Waals surface area contributed by atoms with Gasteiger partial charge in [-0.2, -0.15) is 5.10 Å². The van der Waals surface area contributed by atoms with E-state index >= 15 is 0 Å². The number of ether oxygens (including phenoxy) is 1. The summed E-state index contributed by atoms with van der Waals surface area (Å²) in [5.41, 5.74) is 1.74. The highest BCUT2D eigenvalue weighted by Gasteiger charge is 2.16. The molecule has 0 aliphatic rings. The molecule has 2 N–H and O–H groups in total. The van der Waals surface area contributed by atoms with Crippen molar-refractivity contribution in [2.75, 3.05) is 5.32 Å². The normalized spacial score (nSPS) is 11.9. The van der Waals surface area contributed by atoms with Gasteiger partial charge in [0.25, 0.3) is 5.91 Å². The molecule has 2 heterocycles. The molecule has 0 aliphatic heterocycles. The molecule has 4 rings (SSSR count). The number of aromatic amines is 1. The number of nitrogens with zero attached hydrogens (tertiary/aromatic N) is 2. The van der Waals surface area contributed by atoms with E-state index in [1.165, 1.54) is 0 Å². The minimum absolute atomic E-state index is 0.268. The number of benzene rings is 2. The summed E-state index contributed by atoms with van der Waals surface area (Å²) >= 11 is 0. The molecule has 2 aromatic heterocycles. The zero-order valence-electron chi connectivity index (χ0n) is 14.7. The van der Waals surface area contributed by atoms with Gasteiger partial charge in [0.1, 0.15) is 5.75 Å². The first-order valence-electron chi connectivity index (χ1n) is 8.61. The summed E-state index contributed by atoms with van der Waals surface area (Å²) in [7, 11) is 0. The summed E-state index contributed by atoms with van der Waals surface area (Å²) in [5, 5.41) is 12.0. The number of hydrogen-bond donors (Lipinski definition) is 2. The van der Waals surface area contributed by atoms with E-state index in [-0.39, 0.29) is 5.91 Å². The van der Waals surface area contributed by atoms with Crippen molar-refractivity contribution in [3.8, 4) is 17.0 Å². The van der Waals surface area contributed by atoms with Gasteiger partial charge in [-0.3, -0.25) is 14.9 Å². The summed E-state index contributed by atoms with van der Waals surface area (Å²) < 4.78 is 5.79. The smallest absolute Gasteiger partial charge is 0.266 e. The highest BCUT2D eigenvalue weighted by atomic mass is 16.5. The van der Waals surface area contributed by atoms with Gasteiger partial charge in [-0.1, -0.05) is 30.3 Å². The number of rotatable bonds is 5. The number of hydrogen-bond acceptors (Lipinski definition) is 4. The van der Waals surface area contributed by atoms with Crippen molar-refractivity contribution in [1.29, 1.82) is 0 Å². The molecule has 6 nitrogen and oxygen atoms in total. The monoisotopic (exact) mass is 358 g/mol. The zero-order chi connectivity index (χ0) is 18.6. The van der Waals surface area contributed by atoms with Gasteiger partial charge in [-0.25, -0.2) is 0 Å². The number of anilines is 1. The van der Waals surface area contributed by atoms with Gasteiger partial charge in [-0.15, -0.1) is 0 Å². The lowest BCUT2D eigenvalue weighted by Crippen LogP contribution is -2.30. The first-order chi connectivity index (χ1) is 13.2. The van der Waals surface area contributed by atoms with Gasteiger partial charge in [0, 0.05) is 24.0 Å². The second-order valence-electron chi connectivity index (χ2n) is 6.16. The topological polar surface area (TPSA) is 79.9 Å². The third-order valence-electron chi connectivity index (χ3n) is 4.22. The summed E-state index contributed by atoms with van der Waals surface area (Å²) in [4.78, 5) is 16.4. The predicted octanol–water partition coefficient (Wildman–Crippen LogP) is 4.03. The van der Waals surface area contributed by atoms with Crippen LogP contribution in [-0.2, 0) is 4.79 Å². The molecule has 2 aromatic carbocycles. The fourth-order valence-corrected chi connectivity index (χ4v) is 2.79. The van der Waals surface area contributed by atoms with Crippen LogP contribution in [0, 0.1) is 0 Å². The van der Waals surface area contributed by atoms with Crippen molar-refractivity contribution in [3.05, 3.63) is 73.1 Å². The van der Waals surface area contributed by atoms with Gasteiger partial charge in [0.15, 0.2) is 11.9 Å². The molecule has 0 spiro atoms. The first-order valence-corrected chi connectivity index (χ1v) is 8.61. The minimum atomic E-state index is -0.660. The van der Waals surface area contributed by atoms with Crippen LogP contribution in [0.1, 0.15) is 6.92 Å². The van der Waals surface area contributed by atoms with Crippen molar-refractivity contribution < 1.29 is 9.53 Å². The number of nitrogens with one attached hydrogen (secondary N) is 2. The average molecular weight is 358 g/mol. The van der Waals surface area contributed by atoms with Gasteiger partial charge < -0.3 is 10.1 Å². The molecule has 6 heteroatoms. The molecular formula is C21H18N4O2. The van der Waals surface area contributed by atoms with Crippen LogP contribution in [0.4, 0.5) is 5.82 Å². The van der Waals surface area contributed by atoms with Crippen LogP contribution in [0.5, 0.6) is 5.75 Å². The molecule has 0 bridgehead atoms. The molecule has 0 radical (unpaired) electrons. The molecule has 0 saturated heterocycles. The van der Waals surface area contributed by atoms with Crippen LogP contribution < -0.4 is 10.1 Å². The second kappa shape index (κ2) is 7.29. The Morgan fingerprint density at radius 3 is 2.63 bits per heavy atom. The number of pyridine rings is 1. The summed E-state index contributed by atoms with van der Waals surface area (Å²) in [6, 6.07) is 19.3. The maximum Gasteiger partial charge on any atom is 0.266 e. The Bertz CT molecular complexity index is 1080. The van der Waals surface area contributed by atoms with E-state index < -0.39 is 6.10 Å². The van der Waals surface area contributed by atoms with Gasteiger partial charge >= 0.3 is 0 Å². The minimum Gasteiger partial charge on any atom is -0.481 e. The Morgan fingerprint density at radius 1 is 1.04 bits per heavy atom. The molecule has 1 atom stereocenters. The Morgan fingerprint density at radius 2 is 1.81 bits per heavy atom. The van der Waals surface area contributed by atoms with E-state index in [9.17, 15) is 4.79 Å². The Hall–Kier alpha value is -3.67. The van der Waals surface area contributed by atoms with Crippen LogP contribution in [0.25, 0.3) is 22.0 Å². The van der Waals surface area contributed by atoms with Crippen LogP contribution in [0.3, 0.4) is 0 Å². The largest absolute Gasteiger partial charge is 0.481 e. The van der Waals surface area contributed by atoms with Crippen molar-refractivity contribution in [1.82, 2.24) is 15.2 Å². The lowest BCUT2D eigenvalue weighted by molar-refractivity contribution is -0.122. The maximum atomic E-state index is 12.4. The Balaban J connectivity index is 1.42. The number of carbonyl (C=O) groups is 1. The highest BCUT2D eigenvalue weighted by molar-refractivity contribution is 5.94. The second-order valence-corrected chi connectivity index (χ2v) is 6.16. The lowest BCUT2D eigenvalue weighted by Gasteiger charge is -2.14. The van der Waals surface area contributed by atoms with Crippen molar-refractivity contribution in [2.45, 2.75) is 13.0 Å². The fraction of sp³-hybridized carbons (Fsp3) is 0.0952. The van der Waals surface area contributed by atoms with Gasteiger partial charge in [0.05, 0.1) is 5.69 Å². The maximum absolute atomic E-state index is 12.4. The summed E-state index contributed by atoms with van der Waals surface area (Å²) in [6.07, 6.45) is 2.74. The average Bonchev–Trinajstić information content (AvgIpc) is 3.17. The molecule has 0 saturated carbocycles. The van der Waals surface area contributed by atoms with Crippen LogP contribution in [-0.4, -0.2) is 27.2 Å². The predicted molar refractivity (Wildman–Crippen MR) is 104 cm³/mol. The number of H-pyrrole nitrogens is 1. The summed E-state index contributed by atoms with van der Waals surface area (Å²) in [6.45, 7) is 1.71. The van der Waals surface area contributed by atoms with Crippen LogP contribution in [0.15, 0.2) is 73.1 Å². The van der Waals surface area contributed by atoms with Gasteiger partial charge in [-0.05, 0) is 42.0 Å². The number of amides is 1. The molecular weight excluding hydrogens is 340 g/mol. The lowest BCUT2D eigenvalue weighted by atomic mass is 10.1. The standard InChI is InChI=1S/C21H18N4O2/c1-14(27-18-7-6-15-4-2-3-5-17(15)12-18)21(26)23-20-13-19(24-25-20)16-8-10-22-11-9-16/h2-14H,1H3,(H2,23,24,25,26).